The van der Waals surface area contributed by atoms with Crippen molar-refractivity contribution in [2.45, 2.75) is 52.3 Å². The second-order valence-electron chi connectivity index (χ2n) is 5.53. The van der Waals surface area contributed by atoms with Crippen molar-refractivity contribution in [2.75, 3.05) is 6.61 Å². The number of carbonyl (C=O) groups excluding carboxylic acids is 1. The molecule has 1 saturated carbocycles. The molecule has 0 spiro atoms. The quantitative estimate of drug-likeness (QED) is 0.833. The van der Waals surface area contributed by atoms with Crippen molar-refractivity contribution < 1.29 is 9.53 Å². The summed E-state index contributed by atoms with van der Waals surface area (Å²) in [5.41, 5.74) is 0.0128. The van der Waals surface area contributed by atoms with Gasteiger partial charge in [0.1, 0.15) is 12.7 Å². The summed E-state index contributed by atoms with van der Waals surface area (Å²) < 4.78 is 7.31. The summed E-state index contributed by atoms with van der Waals surface area (Å²) in [6.45, 7) is 7.56. The van der Waals surface area contributed by atoms with Crippen LogP contribution in [0.2, 0.25) is 0 Å². The molecule has 1 aromatic heterocycles. The van der Waals surface area contributed by atoms with E-state index in [0.29, 0.717) is 13.0 Å². The lowest BCUT2D eigenvalue weighted by molar-refractivity contribution is -0.136. The maximum atomic E-state index is 11.9. The minimum absolute atomic E-state index is 0.0128. The van der Waals surface area contributed by atoms with E-state index in [9.17, 15) is 4.79 Å². The molecule has 2 rings (SSSR count). The van der Waals surface area contributed by atoms with Crippen LogP contribution in [0.4, 0.5) is 0 Å². The first-order valence-corrected chi connectivity index (χ1v) is 6.77. The fourth-order valence-corrected chi connectivity index (χ4v) is 2.45. The van der Waals surface area contributed by atoms with E-state index in [1.54, 1.807) is 11.0 Å². The van der Waals surface area contributed by atoms with Gasteiger partial charge in [0.15, 0.2) is 0 Å². The van der Waals surface area contributed by atoms with E-state index in [-0.39, 0.29) is 23.5 Å². The Balaban J connectivity index is 1.74. The molecule has 1 heterocycles. The van der Waals surface area contributed by atoms with Gasteiger partial charge in [0.25, 0.3) is 0 Å². The van der Waals surface area contributed by atoms with Gasteiger partial charge >= 0.3 is 0 Å². The molecule has 106 valence electrons. The Kier molecular flexibility index (Phi) is 4.19. The molecule has 1 aliphatic carbocycles. The maximum Gasteiger partial charge on any atom is 0.222 e. The Morgan fingerprint density at radius 3 is 2.95 bits per heavy atom. The number of nitrogens with zero attached hydrogens (tertiary/aromatic N) is 3. The third-order valence-corrected chi connectivity index (χ3v) is 3.92. The molecule has 0 aromatic carbocycles. The fourth-order valence-electron chi connectivity index (χ4n) is 2.45. The third kappa shape index (κ3) is 3.12. The molecule has 0 saturated heterocycles. The molecule has 2 atom stereocenters. The predicted octanol–water partition coefficient (Wildman–Crippen LogP) is 0.988. The molecule has 6 nitrogen and oxygen atoms in total. The van der Waals surface area contributed by atoms with Gasteiger partial charge in [-0.05, 0) is 13.3 Å². The monoisotopic (exact) mass is 266 g/mol. The average molecular weight is 266 g/mol. The molecule has 1 aliphatic rings. The molecular formula is C13H22N4O2. The summed E-state index contributed by atoms with van der Waals surface area (Å²) in [6, 6.07) is 0.201. The number of hydrogen-bond acceptors (Lipinski definition) is 4. The van der Waals surface area contributed by atoms with Crippen LogP contribution in [-0.4, -0.2) is 39.4 Å². The van der Waals surface area contributed by atoms with E-state index in [1.165, 1.54) is 6.33 Å². The first-order valence-electron chi connectivity index (χ1n) is 6.77. The molecule has 1 amide bonds. The Labute approximate surface area is 113 Å². The zero-order valence-electron chi connectivity index (χ0n) is 11.8. The number of rotatable bonds is 6. The van der Waals surface area contributed by atoms with Crippen LogP contribution in [0.25, 0.3) is 0 Å². The second kappa shape index (κ2) is 5.69. The van der Waals surface area contributed by atoms with Crippen LogP contribution in [-0.2, 0) is 16.1 Å². The van der Waals surface area contributed by atoms with Gasteiger partial charge in [-0.25, -0.2) is 4.98 Å². The second-order valence-corrected chi connectivity index (χ2v) is 5.53. The minimum Gasteiger partial charge on any atom is -0.378 e. The number of aromatic nitrogens is 3. The topological polar surface area (TPSA) is 69.0 Å². The van der Waals surface area contributed by atoms with Gasteiger partial charge in [0.05, 0.1) is 12.6 Å². The Hall–Kier alpha value is -1.43. The third-order valence-electron chi connectivity index (χ3n) is 3.92. The van der Waals surface area contributed by atoms with E-state index in [1.807, 2.05) is 6.92 Å². The predicted molar refractivity (Wildman–Crippen MR) is 70.4 cm³/mol. The lowest BCUT2D eigenvalue weighted by atomic mass is 9.64. The summed E-state index contributed by atoms with van der Waals surface area (Å²) in [6.07, 6.45) is 4.66. The number of aryl methyl sites for hydroxylation is 1. The van der Waals surface area contributed by atoms with Crippen molar-refractivity contribution in [1.29, 1.82) is 0 Å². The van der Waals surface area contributed by atoms with Crippen molar-refractivity contribution in [3.63, 3.8) is 0 Å². The van der Waals surface area contributed by atoms with Gasteiger partial charge in [-0.15, -0.1) is 0 Å². The van der Waals surface area contributed by atoms with Crippen LogP contribution in [0, 0.1) is 5.41 Å². The molecule has 1 fully saturated rings. The first-order chi connectivity index (χ1) is 9.04. The molecule has 2 unspecified atom stereocenters. The molecule has 1 aromatic rings. The zero-order valence-corrected chi connectivity index (χ0v) is 11.8. The highest BCUT2D eigenvalue weighted by molar-refractivity contribution is 5.76. The van der Waals surface area contributed by atoms with Gasteiger partial charge in [-0.1, -0.05) is 13.8 Å². The SMILES string of the molecule is CCOC1CC(NC(=O)CCn2cncn2)C1(C)C. The molecule has 0 bridgehead atoms. The largest absolute Gasteiger partial charge is 0.378 e. The highest BCUT2D eigenvalue weighted by atomic mass is 16.5. The molecule has 0 radical (unpaired) electrons. The van der Waals surface area contributed by atoms with Gasteiger partial charge in [0.2, 0.25) is 5.91 Å². The molecular weight excluding hydrogens is 244 g/mol. The van der Waals surface area contributed by atoms with E-state index in [2.05, 4.69) is 29.2 Å². The van der Waals surface area contributed by atoms with Gasteiger partial charge in [-0.3, -0.25) is 9.48 Å². The summed E-state index contributed by atoms with van der Waals surface area (Å²) in [5, 5.41) is 7.05. The van der Waals surface area contributed by atoms with Crippen LogP contribution in [0.1, 0.15) is 33.6 Å². The Morgan fingerprint density at radius 1 is 1.58 bits per heavy atom. The van der Waals surface area contributed by atoms with E-state index >= 15 is 0 Å². The smallest absolute Gasteiger partial charge is 0.222 e. The number of amides is 1. The number of ether oxygens (including phenoxy) is 1. The Bertz CT molecular complexity index is 416. The van der Waals surface area contributed by atoms with Crippen molar-refractivity contribution in [2.24, 2.45) is 5.41 Å². The van der Waals surface area contributed by atoms with E-state index in [4.69, 9.17) is 4.74 Å². The van der Waals surface area contributed by atoms with Crippen molar-refractivity contribution in [3.8, 4) is 0 Å². The Morgan fingerprint density at radius 2 is 2.37 bits per heavy atom. The van der Waals surface area contributed by atoms with Crippen LogP contribution in [0.5, 0.6) is 0 Å². The summed E-state index contributed by atoms with van der Waals surface area (Å²) in [5.74, 6) is 0.0588. The van der Waals surface area contributed by atoms with Gasteiger partial charge in [-0.2, -0.15) is 5.10 Å². The van der Waals surface area contributed by atoms with Crippen molar-refractivity contribution >= 4 is 5.91 Å². The number of carbonyl (C=O) groups is 1. The fraction of sp³-hybridized carbons (Fsp3) is 0.769. The standard InChI is InChI=1S/C13H22N4O2/c1-4-19-11-7-10(13(11,2)3)16-12(18)5-6-17-9-14-8-15-17/h8-11H,4-7H2,1-3H3,(H,16,18). The van der Waals surface area contributed by atoms with Crippen LogP contribution in [0.3, 0.4) is 0 Å². The minimum atomic E-state index is 0.0128. The highest BCUT2D eigenvalue weighted by Crippen LogP contribution is 2.42. The molecule has 0 aliphatic heterocycles. The van der Waals surface area contributed by atoms with Crippen molar-refractivity contribution in [3.05, 3.63) is 12.7 Å². The zero-order chi connectivity index (χ0) is 13.9. The molecule has 1 N–H and O–H groups in total. The lowest BCUT2D eigenvalue weighted by Crippen LogP contribution is -2.62. The van der Waals surface area contributed by atoms with Crippen LogP contribution >= 0.6 is 0 Å². The van der Waals surface area contributed by atoms with Crippen LogP contribution in [0.15, 0.2) is 12.7 Å². The number of hydrogen-bond donors (Lipinski definition) is 1. The summed E-state index contributed by atoms with van der Waals surface area (Å²) >= 11 is 0. The molecule has 19 heavy (non-hydrogen) atoms. The number of nitrogens with one attached hydrogen (secondary N) is 1. The molecule has 6 heteroatoms. The summed E-state index contributed by atoms with van der Waals surface area (Å²) in [7, 11) is 0. The van der Waals surface area contributed by atoms with E-state index in [0.717, 1.165) is 13.0 Å². The highest BCUT2D eigenvalue weighted by Gasteiger charge is 2.49. The van der Waals surface area contributed by atoms with Crippen LogP contribution < -0.4 is 5.32 Å². The van der Waals surface area contributed by atoms with Gasteiger partial charge in [0, 0.05) is 24.5 Å². The average Bonchev–Trinajstić information content (AvgIpc) is 2.88. The van der Waals surface area contributed by atoms with Crippen molar-refractivity contribution in [1.82, 2.24) is 20.1 Å². The first kappa shape index (κ1) is 14.0. The lowest BCUT2D eigenvalue weighted by Gasteiger charge is -2.51. The summed E-state index contributed by atoms with van der Waals surface area (Å²) in [4.78, 5) is 15.7. The van der Waals surface area contributed by atoms with E-state index < -0.39 is 0 Å². The maximum absolute atomic E-state index is 11.9. The normalized spacial score (nSPS) is 24.8. The van der Waals surface area contributed by atoms with Gasteiger partial charge < -0.3 is 10.1 Å².